The number of nitrogens with zero attached hydrogens (tertiary/aromatic N) is 4. The van der Waals surface area contributed by atoms with Crippen molar-refractivity contribution in [1.82, 2.24) is 9.21 Å². The summed E-state index contributed by atoms with van der Waals surface area (Å²) in [5, 5.41) is 0. The molecule has 204 valence electrons. The van der Waals surface area contributed by atoms with Crippen molar-refractivity contribution in [3.63, 3.8) is 0 Å². The van der Waals surface area contributed by atoms with Crippen LogP contribution in [0, 0.1) is 0 Å². The highest BCUT2D eigenvalue weighted by molar-refractivity contribution is 7.88. The predicted molar refractivity (Wildman–Crippen MR) is 146 cm³/mol. The molecule has 11 heteroatoms. The highest BCUT2D eigenvalue weighted by atomic mass is 32.2. The number of anilines is 2. The van der Waals surface area contributed by atoms with Crippen LogP contribution in [0.25, 0.3) is 11.1 Å². The SMILES string of the molecule is CC(=O)N1c2ccc(-c3ccc(C(=O)N4CCN(S(C)(=O)=O)CC4)cc3)cc2N(C(=O)OC(C)C)C[C@@H]1C. The molecule has 2 aromatic rings. The minimum absolute atomic E-state index is 0.108. The molecule has 2 aromatic carbocycles. The normalized spacial score (nSPS) is 18.4. The van der Waals surface area contributed by atoms with Crippen LogP contribution in [-0.4, -0.2) is 86.7 Å². The lowest BCUT2D eigenvalue weighted by Gasteiger charge is -2.40. The molecule has 0 aliphatic carbocycles. The number of rotatable bonds is 4. The third kappa shape index (κ3) is 5.68. The number of hydrogen-bond donors (Lipinski definition) is 0. The molecule has 10 nitrogen and oxygen atoms in total. The number of piperazine rings is 1. The van der Waals surface area contributed by atoms with Crippen molar-refractivity contribution in [2.75, 3.05) is 48.8 Å². The van der Waals surface area contributed by atoms with Gasteiger partial charge in [0, 0.05) is 45.2 Å². The molecule has 0 saturated carbocycles. The third-order valence-electron chi connectivity index (χ3n) is 6.77. The Morgan fingerprint density at radius 3 is 2.08 bits per heavy atom. The third-order valence-corrected chi connectivity index (χ3v) is 8.07. The number of carbonyl (C=O) groups excluding carboxylic acids is 3. The Labute approximate surface area is 223 Å². The van der Waals surface area contributed by atoms with Crippen molar-refractivity contribution in [2.45, 2.75) is 39.8 Å². The molecule has 1 fully saturated rings. The van der Waals surface area contributed by atoms with Crippen molar-refractivity contribution in [3.8, 4) is 11.1 Å². The Bertz CT molecular complexity index is 1330. The molecule has 0 aromatic heterocycles. The maximum Gasteiger partial charge on any atom is 0.414 e. The fourth-order valence-corrected chi connectivity index (χ4v) is 5.76. The quantitative estimate of drug-likeness (QED) is 0.587. The Morgan fingerprint density at radius 1 is 0.921 bits per heavy atom. The first-order valence-corrected chi connectivity index (χ1v) is 14.5. The van der Waals surface area contributed by atoms with Crippen molar-refractivity contribution in [2.24, 2.45) is 0 Å². The largest absolute Gasteiger partial charge is 0.446 e. The summed E-state index contributed by atoms with van der Waals surface area (Å²) in [6.07, 6.45) is 0.425. The molecule has 0 spiro atoms. The van der Waals surface area contributed by atoms with Gasteiger partial charge in [-0.2, -0.15) is 4.31 Å². The summed E-state index contributed by atoms with van der Waals surface area (Å²) in [5.41, 5.74) is 3.41. The van der Waals surface area contributed by atoms with Gasteiger partial charge in [-0.3, -0.25) is 14.5 Å². The van der Waals surface area contributed by atoms with Crippen LogP contribution in [0.5, 0.6) is 0 Å². The van der Waals surface area contributed by atoms with E-state index in [1.807, 2.05) is 37.3 Å². The molecule has 0 unspecified atom stereocenters. The van der Waals surface area contributed by atoms with Crippen molar-refractivity contribution < 1.29 is 27.5 Å². The van der Waals surface area contributed by atoms with Gasteiger partial charge in [0.15, 0.2) is 0 Å². The number of sulfonamides is 1. The van der Waals surface area contributed by atoms with Gasteiger partial charge in [0.25, 0.3) is 5.91 Å². The van der Waals surface area contributed by atoms with E-state index < -0.39 is 16.1 Å². The number of benzene rings is 2. The summed E-state index contributed by atoms with van der Waals surface area (Å²) < 4.78 is 30.3. The summed E-state index contributed by atoms with van der Waals surface area (Å²) in [5.74, 6) is -0.257. The molecule has 2 aliphatic heterocycles. The lowest BCUT2D eigenvalue weighted by atomic mass is 9.99. The standard InChI is InChI=1S/C27H34N4O6S/c1-18(2)37-27(34)30-17-19(3)31(20(4)32)24-11-10-23(16-25(24)30)21-6-8-22(9-7-21)26(33)28-12-14-29(15-13-28)38(5,35)36/h6-11,16,18-19H,12-15,17H2,1-5H3/t19-/m0/s1. The highest BCUT2D eigenvalue weighted by Gasteiger charge is 2.35. The van der Waals surface area contributed by atoms with E-state index in [1.165, 1.54) is 17.5 Å². The first kappa shape index (κ1) is 27.6. The first-order valence-electron chi connectivity index (χ1n) is 12.6. The molecular formula is C27H34N4O6S. The fraction of sp³-hybridized carbons (Fsp3) is 0.444. The zero-order valence-corrected chi connectivity index (χ0v) is 23.2. The lowest BCUT2D eigenvalue weighted by molar-refractivity contribution is -0.117. The van der Waals surface area contributed by atoms with Crippen molar-refractivity contribution >= 4 is 39.3 Å². The van der Waals surface area contributed by atoms with Gasteiger partial charge >= 0.3 is 6.09 Å². The summed E-state index contributed by atoms with van der Waals surface area (Å²) >= 11 is 0. The summed E-state index contributed by atoms with van der Waals surface area (Å²) in [6, 6.07) is 12.5. The molecule has 2 heterocycles. The molecular weight excluding hydrogens is 508 g/mol. The smallest absolute Gasteiger partial charge is 0.414 e. The zero-order chi connectivity index (χ0) is 27.8. The molecule has 0 radical (unpaired) electrons. The highest BCUT2D eigenvalue weighted by Crippen LogP contribution is 2.39. The molecule has 0 bridgehead atoms. The van der Waals surface area contributed by atoms with Crippen LogP contribution < -0.4 is 9.80 Å². The van der Waals surface area contributed by atoms with E-state index in [9.17, 15) is 22.8 Å². The van der Waals surface area contributed by atoms with Crippen molar-refractivity contribution in [3.05, 3.63) is 48.0 Å². The van der Waals surface area contributed by atoms with Crippen LogP contribution in [0.3, 0.4) is 0 Å². The van der Waals surface area contributed by atoms with Crippen LogP contribution in [0.1, 0.15) is 38.1 Å². The number of hydrogen-bond acceptors (Lipinski definition) is 6. The fourth-order valence-electron chi connectivity index (χ4n) is 4.93. The van der Waals surface area contributed by atoms with Crippen LogP contribution in [0.4, 0.5) is 16.2 Å². The summed E-state index contributed by atoms with van der Waals surface area (Å²) in [7, 11) is -3.27. The molecule has 1 saturated heterocycles. The van der Waals surface area contributed by atoms with E-state index in [0.29, 0.717) is 36.6 Å². The van der Waals surface area contributed by atoms with Crippen LogP contribution >= 0.6 is 0 Å². The van der Waals surface area contributed by atoms with Gasteiger partial charge in [0.2, 0.25) is 15.9 Å². The van der Waals surface area contributed by atoms with Gasteiger partial charge in [-0.05, 0) is 56.2 Å². The van der Waals surface area contributed by atoms with Crippen LogP contribution in [0.2, 0.25) is 0 Å². The zero-order valence-electron chi connectivity index (χ0n) is 22.4. The second kappa shape index (κ2) is 10.7. The molecule has 1 atom stereocenters. The molecule has 38 heavy (non-hydrogen) atoms. The molecule has 4 rings (SSSR count). The second-order valence-corrected chi connectivity index (χ2v) is 12.0. The minimum Gasteiger partial charge on any atom is -0.446 e. The molecule has 0 N–H and O–H groups in total. The Kier molecular flexibility index (Phi) is 7.80. The molecule has 3 amide bonds. The lowest BCUT2D eigenvalue weighted by Crippen LogP contribution is -2.51. The number of amides is 3. The molecule has 2 aliphatic rings. The van der Waals surface area contributed by atoms with Gasteiger partial charge in [0.05, 0.1) is 29.8 Å². The minimum atomic E-state index is -3.27. The average molecular weight is 543 g/mol. The van der Waals surface area contributed by atoms with E-state index in [0.717, 1.165) is 11.1 Å². The van der Waals surface area contributed by atoms with Crippen molar-refractivity contribution in [1.29, 1.82) is 0 Å². The van der Waals surface area contributed by atoms with Gasteiger partial charge in [-0.1, -0.05) is 18.2 Å². The van der Waals surface area contributed by atoms with Gasteiger partial charge in [-0.25, -0.2) is 13.2 Å². The van der Waals surface area contributed by atoms with E-state index in [-0.39, 0.29) is 37.0 Å². The Hall–Kier alpha value is -3.44. The number of ether oxygens (including phenoxy) is 1. The maximum absolute atomic E-state index is 13.0. The second-order valence-electron chi connectivity index (χ2n) is 10.0. The van der Waals surface area contributed by atoms with Gasteiger partial charge < -0.3 is 14.5 Å². The van der Waals surface area contributed by atoms with Gasteiger partial charge in [-0.15, -0.1) is 0 Å². The van der Waals surface area contributed by atoms with E-state index in [2.05, 4.69) is 0 Å². The Balaban J connectivity index is 1.58. The summed E-state index contributed by atoms with van der Waals surface area (Å²) in [4.78, 5) is 43.2. The number of fused-ring (bicyclic) bond motifs is 1. The monoisotopic (exact) mass is 542 g/mol. The van der Waals surface area contributed by atoms with E-state index in [4.69, 9.17) is 4.74 Å². The maximum atomic E-state index is 13.0. The predicted octanol–water partition coefficient (Wildman–Crippen LogP) is 3.18. The average Bonchev–Trinajstić information content (AvgIpc) is 2.86. The van der Waals surface area contributed by atoms with E-state index in [1.54, 1.807) is 40.7 Å². The summed E-state index contributed by atoms with van der Waals surface area (Å²) in [6.45, 7) is 8.53. The van der Waals surface area contributed by atoms with Crippen LogP contribution in [-0.2, 0) is 19.6 Å². The topological polar surface area (TPSA) is 108 Å². The van der Waals surface area contributed by atoms with Gasteiger partial charge in [0.1, 0.15) is 0 Å². The first-order chi connectivity index (χ1) is 17.9. The van der Waals surface area contributed by atoms with E-state index >= 15 is 0 Å². The Morgan fingerprint density at radius 2 is 1.53 bits per heavy atom. The van der Waals surface area contributed by atoms with Crippen LogP contribution in [0.15, 0.2) is 42.5 Å². The number of carbonyl (C=O) groups is 3.